The lowest BCUT2D eigenvalue weighted by Crippen LogP contribution is -2.39. The molecule has 5 heteroatoms. The van der Waals surface area contributed by atoms with E-state index >= 15 is 0 Å². The number of aliphatic hydroxyl groups is 1. The van der Waals surface area contributed by atoms with Gasteiger partial charge in [0.25, 0.3) is 0 Å². The number of nitrogens with two attached hydrogens (primary N) is 1. The van der Waals surface area contributed by atoms with Gasteiger partial charge in [-0.2, -0.15) is 0 Å². The number of hydrogen-bond acceptors (Lipinski definition) is 4. The lowest BCUT2D eigenvalue weighted by Gasteiger charge is -2.18. The molecule has 1 aliphatic heterocycles. The molecule has 12 heavy (non-hydrogen) atoms. The van der Waals surface area contributed by atoms with Crippen LogP contribution < -0.4 is 5.73 Å². The summed E-state index contributed by atoms with van der Waals surface area (Å²) in [5, 5.41) is 8.56. The predicted octanol–water partition coefficient (Wildman–Crippen LogP) is -0.852. The number of aliphatic hydroxyl groups excluding tert-OH is 1. The summed E-state index contributed by atoms with van der Waals surface area (Å²) >= 11 is 0. The van der Waals surface area contributed by atoms with Crippen molar-refractivity contribution >= 4 is 6.09 Å². The van der Waals surface area contributed by atoms with Crippen LogP contribution in [0.1, 0.15) is 6.42 Å². The van der Waals surface area contributed by atoms with Gasteiger partial charge in [-0.3, -0.25) is 0 Å². The average Bonchev–Trinajstić information content (AvgIpc) is 2.43. The fourth-order valence-corrected chi connectivity index (χ4v) is 1.20. The first-order valence-electron chi connectivity index (χ1n) is 4.04. The Kier molecular flexibility index (Phi) is 3.31. The van der Waals surface area contributed by atoms with Gasteiger partial charge in [-0.05, 0) is 6.42 Å². The number of carbonyl (C=O) groups excluding carboxylic acids is 1. The Labute approximate surface area is 71.1 Å². The summed E-state index contributed by atoms with van der Waals surface area (Å²) < 4.78 is 4.79. The van der Waals surface area contributed by atoms with E-state index in [0.717, 1.165) is 0 Å². The van der Waals surface area contributed by atoms with E-state index < -0.39 is 0 Å². The smallest absolute Gasteiger partial charge is 0.410 e. The fraction of sp³-hybridized carbons (Fsp3) is 0.857. The molecule has 1 saturated heterocycles. The van der Waals surface area contributed by atoms with Crippen molar-refractivity contribution in [1.29, 1.82) is 0 Å². The molecule has 5 nitrogen and oxygen atoms in total. The van der Waals surface area contributed by atoms with E-state index in [1.165, 1.54) is 0 Å². The van der Waals surface area contributed by atoms with Crippen LogP contribution in [0.2, 0.25) is 0 Å². The maximum atomic E-state index is 11.0. The van der Waals surface area contributed by atoms with Crippen molar-refractivity contribution in [2.75, 3.05) is 26.3 Å². The number of ether oxygens (including phenoxy) is 1. The van der Waals surface area contributed by atoms with E-state index in [1.807, 2.05) is 0 Å². The first-order valence-corrected chi connectivity index (χ1v) is 4.04. The molecule has 1 aliphatic rings. The van der Waals surface area contributed by atoms with Gasteiger partial charge in [0.2, 0.25) is 0 Å². The Morgan fingerprint density at radius 2 is 2.50 bits per heavy atom. The second-order valence-corrected chi connectivity index (χ2v) is 2.74. The van der Waals surface area contributed by atoms with Gasteiger partial charge in [0.05, 0.1) is 6.04 Å². The highest BCUT2D eigenvalue weighted by molar-refractivity contribution is 5.70. The standard InChI is InChI=1S/C7H14N2O3/c8-4-6-5-12-7(11)9(6)2-1-3-10/h6,10H,1-5,8H2. The summed E-state index contributed by atoms with van der Waals surface area (Å²) in [6.45, 7) is 1.40. The Bertz CT molecular complexity index is 163. The largest absolute Gasteiger partial charge is 0.447 e. The van der Waals surface area contributed by atoms with Gasteiger partial charge in [-0.25, -0.2) is 4.79 Å². The normalized spacial score (nSPS) is 23.0. The summed E-state index contributed by atoms with van der Waals surface area (Å²) in [7, 11) is 0. The molecule has 1 amide bonds. The van der Waals surface area contributed by atoms with Gasteiger partial charge in [-0.1, -0.05) is 0 Å². The Balaban J connectivity index is 2.40. The van der Waals surface area contributed by atoms with Crippen LogP contribution >= 0.6 is 0 Å². The number of rotatable bonds is 4. The number of amides is 1. The number of hydrogen-bond donors (Lipinski definition) is 2. The molecule has 0 aromatic carbocycles. The zero-order valence-electron chi connectivity index (χ0n) is 6.90. The van der Waals surface area contributed by atoms with Crippen molar-refractivity contribution in [2.45, 2.75) is 12.5 Å². The van der Waals surface area contributed by atoms with Gasteiger partial charge in [0.15, 0.2) is 0 Å². The molecule has 1 rings (SSSR count). The summed E-state index contributed by atoms with van der Waals surface area (Å²) in [5.74, 6) is 0. The second-order valence-electron chi connectivity index (χ2n) is 2.74. The lowest BCUT2D eigenvalue weighted by molar-refractivity contribution is 0.155. The van der Waals surface area contributed by atoms with E-state index in [2.05, 4.69) is 0 Å². The lowest BCUT2D eigenvalue weighted by atomic mass is 10.3. The molecule has 0 bridgehead atoms. The highest BCUT2D eigenvalue weighted by atomic mass is 16.6. The fourth-order valence-electron chi connectivity index (χ4n) is 1.20. The first-order chi connectivity index (χ1) is 5.79. The molecule has 0 saturated carbocycles. The van der Waals surface area contributed by atoms with Crippen LogP contribution in [0, 0.1) is 0 Å². The molecule has 1 fully saturated rings. The van der Waals surface area contributed by atoms with Crippen molar-refractivity contribution in [2.24, 2.45) is 5.73 Å². The third kappa shape index (κ3) is 1.86. The third-order valence-electron chi connectivity index (χ3n) is 1.90. The van der Waals surface area contributed by atoms with Crippen LogP contribution in [0.25, 0.3) is 0 Å². The summed E-state index contributed by atoms with van der Waals surface area (Å²) in [5.41, 5.74) is 5.42. The average molecular weight is 174 g/mol. The molecule has 0 radical (unpaired) electrons. The third-order valence-corrected chi connectivity index (χ3v) is 1.90. The minimum atomic E-state index is -0.320. The van der Waals surface area contributed by atoms with Crippen LogP contribution in [0.3, 0.4) is 0 Å². The molecular formula is C7H14N2O3. The minimum Gasteiger partial charge on any atom is -0.447 e. The molecule has 0 aromatic rings. The zero-order chi connectivity index (χ0) is 8.97. The Morgan fingerprint density at radius 1 is 1.75 bits per heavy atom. The molecule has 0 spiro atoms. The van der Waals surface area contributed by atoms with Crippen molar-refractivity contribution in [1.82, 2.24) is 4.90 Å². The summed E-state index contributed by atoms with van der Waals surface area (Å²) in [6.07, 6.45) is 0.255. The van der Waals surface area contributed by atoms with E-state index in [-0.39, 0.29) is 18.7 Å². The van der Waals surface area contributed by atoms with E-state index in [0.29, 0.717) is 26.1 Å². The van der Waals surface area contributed by atoms with Crippen LogP contribution in [0.4, 0.5) is 4.79 Å². The maximum Gasteiger partial charge on any atom is 0.410 e. The van der Waals surface area contributed by atoms with E-state index in [4.69, 9.17) is 15.6 Å². The van der Waals surface area contributed by atoms with Gasteiger partial charge in [0, 0.05) is 19.7 Å². The molecular weight excluding hydrogens is 160 g/mol. The molecule has 0 aliphatic carbocycles. The van der Waals surface area contributed by atoms with Crippen molar-refractivity contribution in [3.8, 4) is 0 Å². The SMILES string of the molecule is NCC1COC(=O)N1CCCO. The van der Waals surface area contributed by atoms with Crippen molar-refractivity contribution < 1.29 is 14.6 Å². The molecule has 1 atom stereocenters. The van der Waals surface area contributed by atoms with E-state index in [1.54, 1.807) is 4.90 Å². The molecule has 70 valence electrons. The first kappa shape index (κ1) is 9.28. The van der Waals surface area contributed by atoms with Crippen molar-refractivity contribution in [3.05, 3.63) is 0 Å². The summed E-state index contributed by atoms with van der Waals surface area (Å²) in [4.78, 5) is 12.6. The second kappa shape index (κ2) is 4.27. The van der Waals surface area contributed by atoms with Crippen LogP contribution in [0.5, 0.6) is 0 Å². The Hall–Kier alpha value is -0.810. The number of cyclic esters (lactones) is 1. The highest BCUT2D eigenvalue weighted by Crippen LogP contribution is 2.11. The molecule has 1 unspecified atom stereocenters. The monoisotopic (exact) mass is 174 g/mol. The zero-order valence-corrected chi connectivity index (χ0v) is 6.90. The predicted molar refractivity (Wildman–Crippen MR) is 42.6 cm³/mol. The van der Waals surface area contributed by atoms with Gasteiger partial charge >= 0.3 is 6.09 Å². The minimum absolute atomic E-state index is 0.0101. The molecule has 3 N–H and O–H groups in total. The quantitative estimate of drug-likeness (QED) is 0.582. The number of nitrogens with zero attached hydrogens (tertiary/aromatic N) is 1. The van der Waals surface area contributed by atoms with Crippen LogP contribution in [-0.4, -0.2) is 48.4 Å². The van der Waals surface area contributed by atoms with Crippen LogP contribution in [-0.2, 0) is 4.74 Å². The van der Waals surface area contributed by atoms with Gasteiger partial charge in [0.1, 0.15) is 6.61 Å². The molecule has 1 heterocycles. The summed E-state index contributed by atoms with van der Waals surface area (Å²) in [6, 6.07) is -0.0101. The van der Waals surface area contributed by atoms with E-state index in [9.17, 15) is 4.79 Å². The van der Waals surface area contributed by atoms with Gasteiger partial charge < -0.3 is 20.5 Å². The number of carbonyl (C=O) groups is 1. The molecule has 0 aromatic heterocycles. The van der Waals surface area contributed by atoms with Crippen LogP contribution in [0.15, 0.2) is 0 Å². The topological polar surface area (TPSA) is 75.8 Å². The Morgan fingerprint density at radius 3 is 3.08 bits per heavy atom. The van der Waals surface area contributed by atoms with Gasteiger partial charge in [-0.15, -0.1) is 0 Å². The van der Waals surface area contributed by atoms with Crippen molar-refractivity contribution in [3.63, 3.8) is 0 Å². The maximum absolute atomic E-state index is 11.0. The highest BCUT2D eigenvalue weighted by Gasteiger charge is 2.30.